The molecule has 3 N–H and O–H groups in total. The predicted octanol–water partition coefficient (Wildman–Crippen LogP) is 0.913. The molecule has 3 heterocycles. The van der Waals surface area contributed by atoms with Gasteiger partial charge in [0.15, 0.2) is 0 Å². The monoisotopic (exact) mass is 312 g/mol. The van der Waals surface area contributed by atoms with Crippen molar-refractivity contribution in [1.82, 2.24) is 14.3 Å². The Balaban J connectivity index is 2.12. The van der Waals surface area contributed by atoms with E-state index in [-0.39, 0.29) is 16.9 Å². The van der Waals surface area contributed by atoms with E-state index in [0.29, 0.717) is 5.69 Å². The van der Waals surface area contributed by atoms with E-state index < -0.39 is 17.4 Å². The lowest BCUT2D eigenvalue weighted by molar-refractivity contribution is 0.0880. The lowest BCUT2D eigenvalue weighted by atomic mass is 10.1. The maximum absolute atomic E-state index is 12.4. The number of rotatable bonds is 1. The van der Waals surface area contributed by atoms with E-state index in [1.807, 2.05) is 6.07 Å². The fraction of sp³-hybridized carbons (Fsp3) is 0. The molecular formula is C14H8N4O3S. The lowest BCUT2D eigenvalue weighted by Gasteiger charge is -2.12. The topological polar surface area (TPSA) is 107 Å². The first-order valence-electron chi connectivity index (χ1n) is 6.32. The molecule has 1 aliphatic rings. The van der Waals surface area contributed by atoms with Crippen molar-refractivity contribution in [3.63, 3.8) is 0 Å². The first-order valence-corrected chi connectivity index (χ1v) is 7.16. The van der Waals surface area contributed by atoms with Crippen LogP contribution in [0.25, 0.3) is 16.6 Å². The summed E-state index contributed by atoms with van der Waals surface area (Å²) in [6, 6.07) is 6.42. The number of nitrogen functional groups attached to an aromatic ring is 1. The molecule has 4 rings (SSSR count). The molecule has 0 bridgehead atoms. The number of nitrogens with zero attached hydrogens (tertiary/aromatic N) is 2. The van der Waals surface area contributed by atoms with E-state index in [2.05, 4.69) is 9.69 Å². The standard InChI is InChI=1S/C14H8N4O3S/c15-12-11-6(13(20)16-14(11)21)4-10(19)18(12)9-3-1-2-8-7(9)5-22-17-8/h1-5H,15H2,(H,16,20,21). The van der Waals surface area contributed by atoms with Crippen LogP contribution in [0.1, 0.15) is 20.7 Å². The van der Waals surface area contributed by atoms with Gasteiger partial charge >= 0.3 is 0 Å². The Bertz CT molecular complexity index is 1030. The average molecular weight is 312 g/mol. The van der Waals surface area contributed by atoms with Crippen LogP contribution in [0.15, 0.2) is 34.4 Å². The third-order valence-corrected chi connectivity index (χ3v) is 4.22. The van der Waals surface area contributed by atoms with Gasteiger partial charge in [0.2, 0.25) is 0 Å². The second kappa shape index (κ2) is 4.25. The molecule has 0 unspecified atom stereocenters. The molecule has 0 atom stereocenters. The number of carbonyl (C=O) groups is 2. The lowest BCUT2D eigenvalue weighted by Crippen LogP contribution is -2.24. The second-order valence-corrected chi connectivity index (χ2v) is 5.43. The summed E-state index contributed by atoms with van der Waals surface area (Å²) in [6.07, 6.45) is 0. The number of hydrogen-bond acceptors (Lipinski definition) is 6. The highest BCUT2D eigenvalue weighted by molar-refractivity contribution is 7.04. The summed E-state index contributed by atoms with van der Waals surface area (Å²) in [7, 11) is 0. The Morgan fingerprint density at radius 2 is 2.00 bits per heavy atom. The molecule has 1 aliphatic heterocycles. The fourth-order valence-electron chi connectivity index (χ4n) is 2.60. The van der Waals surface area contributed by atoms with Gasteiger partial charge < -0.3 is 5.73 Å². The molecule has 7 nitrogen and oxygen atoms in total. The molecular weight excluding hydrogens is 304 g/mol. The summed E-state index contributed by atoms with van der Waals surface area (Å²) in [6.45, 7) is 0. The van der Waals surface area contributed by atoms with Crippen LogP contribution in [0.4, 0.5) is 5.82 Å². The van der Waals surface area contributed by atoms with E-state index in [0.717, 1.165) is 17.0 Å². The molecule has 0 saturated heterocycles. The summed E-state index contributed by atoms with van der Waals surface area (Å²) in [5, 5.41) is 4.70. The minimum absolute atomic E-state index is 0.0133. The number of carbonyl (C=O) groups excluding carboxylic acids is 2. The number of anilines is 1. The van der Waals surface area contributed by atoms with Crippen LogP contribution >= 0.6 is 11.5 Å². The van der Waals surface area contributed by atoms with E-state index in [4.69, 9.17) is 5.73 Å². The van der Waals surface area contributed by atoms with Gasteiger partial charge in [-0.25, -0.2) is 0 Å². The fourth-order valence-corrected chi connectivity index (χ4v) is 3.27. The van der Waals surface area contributed by atoms with Crippen molar-refractivity contribution in [2.24, 2.45) is 0 Å². The minimum Gasteiger partial charge on any atom is -0.384 e. The molecule has 2 amide bonds. The molecule has 0 saturated carbocycles. The van der Waals surface area contributed by atoms with Gasteiger partial charge in [-0.1, -0.05) is 6.07 Å². The zero-order chi connectivity index (χ0) is 15.4. The van der Waals surface area contributed by atoms with Crippen LogP contribution in [0.5, 0.6) is 0 Å². The molecule has 0 fully saturated rings. The van der Waals surface area contributed by atoms with Crippen LogP contribution in [0.3, 0.4) is 0 Å². The van der Waals surface area contributed by atoms with Gasteiger partial charge in [-0.05, 0) is 23.7 Å². The van der Waals surface area contributed by atoms with E-state index in [1.165, 1.54) is 16.1 Å². The second-order valence-electron chi connectivity index (χ2n) is 4.80. The Labute approximate surface area is 127 Å². The minimum atomic E-state index is -0.605. The number of amides is 2. The molecule has 0 aliphatic carbocycles. The quantitative estimate of drug-likeness (QED) is 0.650. The molecule has 8 heteroatoms. The molecule has 3 aromatic rings. The molecule has 108 valence electrons. The van der Waals surface area contributed by atoms with Crippen LogP contribution in [0, 0.1) is 0 Å². The predicted molar refractivity (Wildman–Crippen MR) is 81.4 cm³/mol. The third kappa shape index (κ3) is 1.55. The van der Waals surface area contributed by atoms with Crippen molar-refractivity contribution < 1.29 is 9.59 Å². The number of pyridine rings is 1. The van der Waals surface area contributed by atoms with Gasteiger partial charge in [0.25, 0.3) is 17.4 Å². The van der Waals surface area contributed by atoms with Gasteiger partial charge in [0.05, 0.1) is 22.3 Å². The number of benzene rings is 1. The van der Waals surface area contributed by atoms with E-state index in [9.17, 15) is 14.4 Å². The average Bonchev–Trinajstić information content (AvgIpc) is 3.05. The van der Waals surface area contributed by atoms with Crippen molar-refractivity contribution in [2.75, 3.05) is 5.73 Å². The Kier molecular flexibility index (Phi) is 2.46. The van der Waals surface area contributed by atoms with Crippen molar-refractivity contribution in [3.8, 4) is 5.69 Å². The molecule has 2 aromatic heterocycles. The third-order valence-electron chi connectivity index (χ3n) is 3.58. The largest absolute Gasteiger partial charge is 0.384 e. The smallest absolute Gasteiger partial charge is 0.262 e. The van der Waals surface area contributed by atoms with Crippen molar-refractivity contribution in [1.29, 1.82) is 0 Å². The Morgan fingerprint density at radius 1 is 1.18 bits per heavy atom. The summed E-state index contributed by atoms with van der Waals surface area (Å²) in [5.74, 6) is -1.25. The number of nitrogens with one attached hydrogen (secondary N) is 1. The van der Waals surface area contributed by atoms with Gasteiger partial charge in [0, 0.05) is 16.8 Å². The zero-order valence-corrected chi connectivity index (χ0v) is 11.8. The number of nitrogens with two attached hydrogens (primary N) is 1. The van der Waals surface area contributed by atoms with Crippen LogP contribution in [-0.4, -0.2) is 20.8 Å². The zero-order valence-electron chi connectivity index (χ0n) is 11.0. The molecule has 0 radical (unpaired) electrons. The molecule has 1 aromatic carbocycles. The van der Waals surface area contributed by atoms with Gasteiger partial charge in [0.1, 0.15) is 5.82 Å². The maximum atomic E-state index is 12.4. The van der Waals surface area contributed by atoms with Crippen molar-refractivity contribution >= 4 is 40.1 Å². The number of hydrogen-bond donors (Lipinski definition) is 2. The van der Waals surface area contributed by atoms with Crippen molar-refractivity contribution in [3.05, 3.63) is 51.1 Å². The molecule has 22 heavy (non-hydrogen) atoms. The maximum Gasteiger partial charge on any atom is 0.262 e. The summed E-state index contributed by atoms with van der Waals surface area (Å²) < 4.78 is 5.45. The van der Waals surface area contributed by atoms with E-state index in [1.54, 1.807) is 17.5 Å². The number of aromatic nitrogens is 2. The van der Waals surface area contributed by atoms with Crippen LogP contribution in [-0.2, 0) is 0 Å². The van der Waals surface area contributed by atoms with Gasteiger partial charge in [-0.2, -0.15) is 4.37 Å². The highest BCUT2D eigenvalue weighted by Gasteiger charge is 2.32. The summed E-state index contributed by atoms with van der Waals surface area (Å²) in [5.41, 5.74) is 6.85. The summed E-state index contributed by atoms with van der Waals surface area (Å²) in [4.78, 5) is 35.9. The molecule has 0 spiro atoms. The summed E-state index contributed by atoms with van der Waals surface area (Å²) >= 11 is 1.26. The SMILES string of the molecule is Nc1c2c(cc(=O)n1-c1cccc3nscc13)C(=O)NC2=O. The van der Waals surface area contributed by atoms with Gasteiger partial charge in [-0.15, -0.1) is 0 Å². The van der Waals surface area contributed by atoms with Crippen LogP contribution < -0.4 is 16.6 Å². The first-order chi connectivity index (χ1) is 10.6. The van der Waals surface area contributed by atoms with E-state index >= 15 is 0 Å². The number of imide groups is 1. The first kappa shape index (κ1) is 12.7. The van der Waals surface area contributed by atoms with Crippen molar-refractivity contribution in [2.45, 2.75) is 0 Å². The highest BCUT2D eigenvalue weighted by Crippen LogP contribution is 2.27. The Morgan fingerprint density at radius 3 is 2.82 bits per heavy atom. The number of fused-ring (bicyclic) bond motifs is 2. The van der Waals surface area contributed by atoms with Gasteiger partial charge in [-0.3, -0.25) is 24.3 Å². The normalized spacial score (nSPS) is 13.5. The Hall–Kier alpha value is -3.00. The highest BCUT2D eigenvalue weighted by atomic mass is 32.1. The van der Waals surface area contributed by atoms with Crippen LogP contribution in [0.2, 0.25) is 0 Å².